The van der Waals surface area contributed by atoms with E-state index in [0.29, 0.717) is 64.4 Å². The largest absolute Gasteiger partial charge is 0.508 e. The van der Waals surface area contributed by atoms with Gasteiger partial charge in [-0.3, -0.25) is 76.7 Å². The number of phenols is 2. The van der Waals surface area contributed by atoms with Gasteiger partial charge in [-0.05, 0) is 134 Å². The third-order valence-corrected chi connectivity index (χ3v) is 24.9. The summed E-state index contributed by atoms with van der Waals surface area (Å²) in [7, 11) is 5.31. The number of likely N-dealkylation sites (N-methyl/N-ethyl adjacent to an activating group) is 3. The van der Waals surface area contributed by atoms with Crippen molar-refractivity contribution in [1.82, 2.24) is 77.3 Å². The Labute approximate surface area is 769 Å². The van der Waals surface area contributed by atoms with Crippen molar-refractivity contribution < 1.29 is 101 Å². The number of nitrogens with zero attached hydrogens (tertiary/aromatic N) is 5. The number of carbonyl (C=O) groups excluding carboxylic acids is 15. The highest BCUT2D eigenvalue weighted by Gasteiger charge is 2.46. The van der Waals surface area contributed by atoms with Crippen LogP contribution >= 0.6 is 11.8 Å². The van der Waals surface area contributed by atoms with Gasteiger partial charge >= 0.3 is 5.97 Å². The molecule has 17 N–H and O–H groups in total. The Hall–Kier alpha value is -13.0. The molecule has 37 nitrogen and oxygen atoms in total. The molecule has 6 aromatic rings. The van der Waals surface area contributed by atoms with Crippen LogP contribution in [0.25, 0.3) is 10.9 Å². The highest BCUT2D eigenvalue weighted by molar-refractivity contribution is 8.00. The number of carbonyl (C=O) groups is 16. The first-order chi connectivity index (χ1) is 63.1. The lowest BCUT2D eigenvalue weighted by Gasteiger charge is -2.38. The van der Waals surface area contributed by atoms with Gasteiger partial charge in [-0.2, -0.15) is 0 Å². The van der Waals surface area contributed by atoms with E-state index in [2.05, 4.69) is 52.8 Å². The Balaban J connectivity index is 1.13. The molecule has 712 valence electrons. The fourth-order valence-electron chi connectivity index (χ4n) is 16.4. The molecule has 0 aliphatic carbocycles. The lowest BCUT2D eigenvalue weighted by atomic mass is 9.96. The van der Waals surface area contributed by atoms with Crippen molar-refractivity contribution in [1.29, 1.82) is 0 Å². The predicted octanol–water partition coefficient (Wildman–Crippen LogP) is 1.41. The zero-order valence-corrected chi connectivity index (χ0v) is 76.0. The quantitative estimate of drug-likeness (QED) is 0.0385. The van der Waals surface area contributed by atoms with Crippen molar-refractivity contribution >= 4 is 117 Å². The summed E-state index contributed by atoms with van der Waals surface area (Å²) in [6.45, 7) is 3.94. The molecule has 15 amide bonds. The highest BCUT2D eigenvalue weighted by Crippen LogP contribution is 2.28. The fourth-order valence-corrected chi connectivity index (χ4v) is 17.3. The summed E-state index contributed by atoms with van der Waals surface area (Å²) in [6, 6.07) is 12.1. The minimum Gasteiger partial charge on any atom is -0.508 e. The summed E-state index contributed by atoms with van der Waals surface area (Å²) in [4.78, 5) is 247. The normalized spacial score (nSPS) is 23.7. The number of carboxylic acids is 1. The van der Waals surface area contributed by atoms with Crippen LogP contribution < -0.4 is 59.3 Å². The van der Waals surface area contributed by atoms with Crippen molar-refractivity contribution in [2.45, 2.75) is 208 Å². The van der Waals surface area contributed by atoms with Gasteiger partial charge in [-0.15, -0.1) is 11.8 Å². The van der Waals surface area contributed by atoms with Crippen molar-refractivity contribution in [3.05, 3.63) is 167 Å². The number of primary amides is 1. The number of amides is 15. The second-order valence-corrected chi connectivity index (χ2v) is 34.9. The molecule has 3 saturated heterocycles. The maximum atomic E-state index is 15.8. The number of halogens is 1. The maximum absolute atomic E-state index is 15.8. The average Bonchev–Trinajstić information content (AvgIpc) is 1.57. The molecule has 0 bridgehead atoms. The van der Waals surface area contributed by atoms with E-state index in [4.69, 9.17) is 16.2 Å². The van der Waals surface area contributed by atoms with Crippen LogP contribution in [0.4, 0.5) is 4.39 Å². The van der Waals surface area contributed by atoms with Crippen molar-refractivity contribution in [3.63, 3.8) is 0 Å². The zero-order valence-electron chi connectivity index (χ0n) is 75.2. The number of unbranched alkanes of at least 4 members (excludes halogenated alkanes) is 1. The van der Waals surface area contributed by atoms with E-state index in [-0.39, 0.29) is 115 Å². The third kappa shape index (κ3) is 29.0. The number of fused-ring (bicyclic) bond motifs is 3. The Bertz CT molecular complexity index is 5030. The van der Waals surface area contributed by atoms with Gasteiger partial charge in [0.1, 0.15) is 95.9 Å². The molecule has 1 aromatic heterocycles. The number of benzene rings is 5. The van der Waals surface area contributed by atoms with Crippen LogP contribution in [0, 0.1) is 11.7 Å². The van der Waals surface area contributed by atoms with Crippen molar-refractivity contribution in [2.24, 2.45) is 17.4 Å². The monoisotopic (exact) mass is 1850 g/mol. The molecule has 3 fully saturated rings. The second kappa shape index (κ2) is 49.8. The Kier molecular flexibility index (Phi) is 38.8. The van der Waals surface area contributed by atoms with Gasteiger partial charge in [-0.1, -0.05) is 119 Å². The van der Waals surface area contributed by atoms with Gasteiger partial charge in [0.25, 0.3) is 0 Å². The number of piperidine rings is 1. The molecule has 132 heavy (non-hydrogen) atoms. The molecule has 5 aromatic carbocycles. The number of H-pyrrole nitrogens is 1. The number of aromatic amines is 1. The van der Waals surface area contributed by atoms with Crippen LogP contribution in [-0.2, 0) is 114 Å². The molecule has 39 heteroatoms. The number of ether oxygens (including phenoxy) is 1. The Morgan fingerprint density at radius 2 is 1.04 bits per heavy atom. The van der Waals surface area contributed by atoms with Crippen LogP contribution in [-0.4, -0.2) is 290 Å². The number of hydrogen-bond donors (Lipinski definition) is 15. The number of aliphatic carboxylic acids is 1. The molecule has 13 atom stereocenters. The molecule has 0 spiro atoms. The summed E-state index contributed by atoms with van der Waals surface area (Å²) in [5.41, 5.74) is 14.4. The summed E-state index contributed by atoms with van der Waals surface area (Å²) in [6.07, 6.45) is 0.776. The van der Waals surface area contributed by atoms with Crippen LogP contribution in [0.2, 0.25) is 0 Å². The molecule has 9 rings (SSSR count). The minimum absolute atomic E-state index is 0.00237. The number of rotatable bonds is 25. The number of aromatic nitrogens is 1. The van der Waals surface area contributed by atoms with E-state index in [1.807, 2.05) is 6.92 Å². The van der Waals surface area contributed by atoms with E-state index in [1.165, 1.54) is 104 Å². The fraction of sp³-hybridized carbons (Fsp3) is 0.484. The lowest BCUT2D eigenvalue weighted by Crippen LogP contribution is -2.63. The first kappa shape index (κ1) is 103. The molecule has 4 heterocycles. The van der Waals surface area contributed by atoms with Gasteiger partial charge in [0.05, 0.1) is 18.7 Å². The first-order valence-corrected chi connectivity index (χ1v) is 45.5. The van der Waals surface area contributed by atoms with Gasteiger partial charge < -0.3 is 109 Å². The molecular weight excluding hydrogens is 1730 g/mol. The topological polar surface area (TPSA) is 535 Å². The number of aromatic hydroxyl groups is 2. The first-order valence-electron chi connectivity index (χ1n) is 44.3. The van der Waals surface area contributed by atoms with E-state index in [9.17, 15) is 53.3 Å². The molecule has 3 aliphatic rings. The van der Waals surface area contributed by atoms with E-state index < -0.39 is 209 Å². The molecular formula is C93H122FN17O20S. The third-order valence-electron chi connectivity index (χ3n) is 23.8. The summed E-state index contributed by atoms with van der Waals surface area (Å²) in [5.74, 6) is -17.9. The van der Waals surface area contributed by atoms with Crippen molar-refractivity contribution in [2.75, 3.05) is 72.5 Å². The number of carboxylic acid groups (broad SMARTS) is 1. The summed E-state index contributed by atoms with van der Waals surface area (Å²) < 4.78 is 20.1. The molecule has 3 aliphatic heterocycles. The molecule has 0 radical (unpaired) electrons. The predicted molar refractivity (Wildman–Crippen MR) is 486 cm³/mol. The highest BCUT2D eigenvalue weighted by atomic mass is 32.2. The molecule has 0 unspecified atom stereocenters. The maximum Gasteiger partial charge on any atom is 0.305 e. The van der Waals surface area contributed by atoms with Crippen LogP contribution in [0.1, 0.15) is 126 Å². The van der Waals surface area contributed by atoms with Gasteiger partial charge in [0.2, 0.25) is 88.6 Å². The van der Waals surface area contributed by atoms with Gasteiger partial charge in [-0.25, -0.2) is 4.39 Å². The second-order valence-electron chi connectivity index (χ2n) is 33.8. The Morgan fingerprint density at radius 1 is 0.523 bits per heavy atom. The van der Waals surface area contributed by atoms with E-state index in [0.717, 1.165) is 33.7 Å². The van der Waals surface area contributed by atoms with E-state index in [1.54, 1.807) is 74.6 Å². The number of thioether (sulfide) groups is 1. The smallest absolute Gasteiger partial charge is 0.305 e. The number of nitrogens with one attached hydrogen (secondary N) is 10. The Morgan fingerprint density at radius 3 is 1.64 bits per heavy atom. The van der Waals surface area contributed by atoms with Gasteiger partial charge in [0.15, 0.2) is 0 Å². The summed E-state index contributed by atoms with van der Waals surface area (Å²) in [5, 5.41) is 56.0. The van der Waals surface area contributed by atoms with E-state index >= 15 is 43.2 Å². The number of phenolic OH excluding ortho intramolecular Hbond substituents is 2. The number of methoxy groups -OCH3 is 1. The molecule has 0 saturated carbocycles. The SMILES string of the molecule is CCCC[C@H]1C(=O)N2CCC[C@@H]2C(=O)N[C@@H](CC(=O)O)C(=O)N[C@@H](C(C)C)C(=O)N(C)[C@@H](CCOC)C(=O)N[C@@H](Cc2ccc(O)cc2)C(=O)N2CCCC[C@@H]2C(=O)N[C@H](Cc2c[nH]c3ccccc23)C(=O)N[C@@H](Cc2ccc(O)cc2)C(=O)N[C@@H](CCCN)C(=O)N[C@H](C(=O)NCC(N)=O)CSCC(=O)N[C@@H](Cc2ccc(F)cc2)C(=O)N(C)[C@@H](Cc2ccccc2)C(=O)N1C. The number of nitrogens with two attached hydrogens (primary N) is 2. The minimum atomic E-state index is -1.91. The van der Waals surface area contributed by atoms with Crippen molar-refractivity contribution in [3.8, 4) is 11.5 Å². The summed E-state index contributed by atoms with van der Waals surface area (Å²) >= 11 is 0.776. The zero-order chi connectivity index (χ0) is 96.0. The standard InChI is InChI=1S/C93H122FN17O20S/c1-8-9-24-75-92(129)111-42-18-26-74(111)88(125)103-68(49-79(116)117)85(122)106-80(54(2)3)93(130)107(4)72(39-43-131-7)86(123)104-70(46-58-31-37-62(113)38-32-58)90(127)110-41-16-15-25-73(110)87(124)102-67(48-59-50-97-64-22-14-13-21-63(59)64)84(121)101-66(44-57-29-35-61(112)36-30-57)83(120)100-65(23-17-40-95)82(119)105-71(81(118)98-51-77(96)114)52-132-53-78(115)99-69(45-56-27-33-60(94)34-28-56)89(126)109(6)76(91(128)108(75)5)47-55-19-11-10-12-20-55/h10-14,19-22,27-38,50,54,65-76,80,97,112-113H,8-9,15-18,23-26,39-49,51-53,95H2,1-7H3,(H2,96,114)(H,98,118)(H,99,115)(H,100,120)(H,101,121)(H,102,124)(H,103,125)(H,104,123)(H,105,119)(H,106,122)(H,116,117)/t65-,66-,67+,68-,69-,70-,71-,72-,73+,74+,75-,76-,80-/m0/s1. The number of para-hydroxylation sites is 1. The van der Waals surface area contributed by atoms with Crippen LogP contribution in [0.5, 0.6) is 11.5 Å². The average molecular weight is 1850 g/mol. The number of hydrogen-bond acceptors (Lipinski definition) is 21. The lowest BCUT2D eigenvalue weighted by molar-refractivity contribution is -0.152. The van der Waals surface area contributed by atoms with Gasteiger partial charge in [0, 0.05) is 109 Å². The van der Waals surface area contributed by atoms with Crippen LogP contribution in [0.3, 0.4) is 0 Å². The van der Waals surface area contributed by atoms with Crippen LogP contribution in [0.15, 0.2) is 134 Å².